The van der Waals surface area contributed by atoms with Crippen LogP contribution in [-0.2, 0) is 4.74 Å². The molecule has 31 heavy (non-hydrogen) atoms. The number of phenols is 1. The summed E-state index contributed by atoms with van der Waals surface area (Å²) >= 11 is 0. The molecular formula is C25H24N2O4. The third kappa shape index (κ3) is 4.39. The summed E-state index contributed by atoms with van der Waals surface area (Å²) in [5.74, 6) is 0.638. The van der Waals surface area contributed by atoms with Crippen molar-refractivity contribution < 1.29 is 19.4 Å². The van der Waals surface area contributed by atoms with E-state index in [2.05, 4.69) is 16.7 Å². The summed E-state index contributed by atoms with van der Waals surface area (Å²) in [5.41, 5.74) is 4.15. The Hall–Kier alpha value is -3.77. The number of rotatable bonds is 5. The summed E-state index contributed by atoms with van der Waals surface area (Å²) in [6.07, 6.45) is 1.81. The van der Waals surface area contributed by atoms with E-state index >= 15 is 0 Å². The quantitative estimate of drug-likeness (QED) is 0.542. The molecule has 0 bridgehead atoms. The van der Waals surface area contributed by atoms with Crippen LogP contribution in [0.3, 0.4) is 0 Å². The molecule has 3 aromatic carbocycles. The molecule has 6 nitrogen and oxygen atoms in total. The molecule has 3 N–H and O–H groups in total. The fourth-order valence-corrected chi connectivity index (χ4v) is 3.63. The summed E-state index contributed by atoms with van der Waals surface area (Å²) in [5, 5.41) is 17.5. The number of benzene rings is 3. The summed E-state index contributed by atoms with van der Waals surface area (Å²) in [7, 11) is 3.00. The Morgan fingerprint density at radius 3 is 2.29 bits per heavy atom. The molecule has 0 saturated heterocycles. The van der Waals surface area contributed by atoms with Crippen molar-refractivity contribution in [1.82, 2.24) is 10.6 Å². The van der Waals surface area contributed by atoms with Gasteiger partial charge in [0.2, 0.25) is 0 Å². The Bertz CT molecular complexity index is 1090. The molecule has 6 heteroatoms. The Morgan fingerprint density at radius 1 is 0.935 bits per heavy atom. The maximum atomic E-state index is 11.8. The van der Waals surface area contributed by atoms with Crippen molar-refractivity contribution in [3.8, 4) is 11.5 Å². The molecule has 0 spiro atoms. The van der Waals surface area contributed by atoms with E-state index in [0.717, 1.165) is 28.1 Å². The van der Waals surface area contributed by atoms with Crippen molar-refractivity contribution in [3.63, 3.8) is 0 Å². The van der Waals surface area contributed by atoms with Crippen molar-refractivity contribution >= 4 is 11.7 Å². The van der Waals surface area contributed by atoms with E-state index in [1.807, 2.05) is 48.5 Å². The number of ether oxygens (including phenoxy) is 2. The molecule has 2 unspecified atom stereocenters. The van der Waals surface area contributed by atoms with E-state index in [9.17, 15) is 9.90 Å². The van der Waals surface area contributed by atoms with E-state index in [4.69, 9.17) is 9.47 Å². The first kappa shape index (κ1) is 20.5. The maximum absolute atomic E-state index is 11.8. The second kappa shape index (κ2) is 8.93. The Balaban J connectivity index is 1.70. The lowest BCUT2D eigenvalue weighted by Crippen LogP contribution is -2.39. The molecule has 1 aliphatic heterocycles. The monoisotopic (exact) mass is 416 g/mol. The Morgan fingerprint density at radius 2 is 1.65 bits per heavy atom. The highest BCUT2D eigenvalue weighted by atomic mass is 16.5. The van der Waals surface area contributed by atoms with Gasteiger partial charge in [-0.3, -0.25) is 5.32 Å². The number of aromatic hydroxyl groups is 1. The molecule has 158 valence electrons. The normalized spacial score (nSPS) is 17.9. The molecule has 3 aromatic rings. The lowest BCUT2D eigenvalue weighted by Gasteiger charge is -2.33. The zero-order valence-corrected chi connectivity index (χ0v) is 17.3. The third-order valence-corrected chi connectivity index (χ3v) is 5.32. The average Bonchev–Trinajstić information content (AvgIpc) is 2.83. The topological polar surface area (TPSA) is 79.8 Å². The highest BCUT2D eigenvalue weighted by Crippen LogP contribution is 2.33. The highest BCUT2D eigenvalue weighted by molar-refractivity contribution is 5.89. The van der Waals surface area contributed by atoms with Crippen LogP contribution in [0.4, 0.5) is 0 Å². The number of methoxy groups -OCH3 is 2. The number of para-hydroxylation sites is 1. The molecule has 0 fully saturated rings. The van der Waals surface area contributed by atoms with Gasteiger partial charge in [0.15, 0.2) is 0 Å². The third-order valence-electron chi connectivity index (χ3n) is 5.32. The number of nitrogens with one attached hydrogen (secondary N) is 2. The minimum Gasteiger partial charge on any atom is -0.508 e. The van der Waals surface area contributed by atoms with Gasteiger partial charge in [0.05, 0.1) is 25.8 Å². The van der Waals surface area contributed by atoms with Crippen molar-refractivity contribution in [2.75, 3.05) is 14.2 Å². The van der Waals surface area contributed by atoms with Gasteiger partial charge in [-0.1, -0.05) is 30.3 Å². The molecule has 0 aromatic heterocycles. The molecule has 1 aliphatic rings. The van der Waals surface area contributed by atoms with E-state index in [1.165, 1.54) is 7.11 Å². The van der Waals surface area contributed by atoms with Gasteiger partial charge in [0.1, 0.15) is 17.7 Å². The van der Waals surface area contributed by atoms with Crippen LogP contribution in [0.25, 0.3) is 5.70 Å². The summed E-state index contributed by atoms with van der Waals surface area (Å²) in [4.78, 5) is 11.8. The van der Waals surface area contributed by atoms with Crippen LogP contribution >= 0.6 is 0 Å². The standard InChI is InChI=1S/C25H24N2O4/c1-30-19-13-11-16(12-14-19)21-15-22(20-5-3-4-6-23(20)28)27-24(26-21)17-7-9-18(10-8-17)25(29)31-2/h3-15,22,24,26-28H,1-2H3. The van der Waals surface area contributed by atoms with Crippen LogP contribution in [0.2, 0.25) is 0 Å². The molecule has 0 amide bonds. The second-order valence-electron chi connectivity index (χ2n) is 7.20. The predicted molar refractivity (Wildman–Crippen MR) is 119 cm³/mol. The lowest BCUT2D eigenvalue weighted by molar-refractivity contribution is 0.0600. The summed E-state index contributed by atoms with van der Waals surface area (Å²) in [6, 6.07) is 22.1. The maximum Gasteiger partial charge on any atom is 0.337 e. The number of carbonyl (C=O) groups is 1. The number of hydrogen-bond acceptors (Lipinski definition) is 6. The van der Waals surface area contributed by atoms with Crippen LogP contribution < -0.4 is 15.4 Å². The van der Waals surface area contributed by atoms with Crippen LogP contribution in [0.15, 0.2) is 78.9 Å². The van der Waals surface area contributed by atoms with Gasteiger partial charge < -0.3 is 19.9 Å². The first-order chi connectivity index (χ1) is 15.1. The van der Waals surface area contributed by atoms with Crippen molar-refractivity contribution in [3.05, 3.63) is 101 Å². The van der Waals surface area contributed by atoms with Crippen molar-refractivity contribution in [1.29, 1.82) is 0 Å². The molecule has 2 atom stereocenters. The molecule has 0 aliphatic carbocycles. The molecule has 1 heterocycles. The largest absolute Gasteiger partial charge is 0.508 e. The van der Waals surface area contributed by atoms with Gasteiger partial charge in [0.25, 0.3) is 0 Å². The van der Waals surface area contributed by atoms with Crippen LogP contribution in [-0.4, -0.2) is 25.3 Å². The molecule has 0 radical (unpaired) electrons. The fraction of sp³-hybridized carbons (Fsp3) is 0.160. The zero-order chi connectivity index (χ0) is 21.8. The van der Waals surface area contributed by atoms with E-state index in [0.29, 0.717) is 5.56 Å². The lowest BCUT2D eigenvalue weighted by atomic mass is 9.97. The molecule has 0 saturated carbocycles. The van der Waals surface area contributed by atoms with Crippen LogP contribution in [0.5, 0.6) is 11.5 Å². The van der Waals surface area contributed by atoms with Gasteiger partial charge in [-0.2, -0.15) is 0 Å². The first-order valence-corrected chi connectivity index (χ1v) is 9.94. The number of hydrogen-bond donors (Lipinski definition) is 3. The first-order valence-electron chi connectivity index (χ1n) is 9.94. The van der Waals surface area contributed by atoms with Crippen molar-refractivity contribution in [2.24, 2.45) is 0 Å². The Labute approximate surface area is 181 Å². The van der Waals surface area contributed by atoms with Gasteiger partial charge in [-0.15, -0.1) is 0 Å². The van der Waals surface area contributed by atoms with E-state index < -0.39 is 0 Å². The smallest absolute Gasteiger partial charge is 0.337 e. The fourth-order valence-electron chi connectivity index (χ4n) is 3.63. The minimum atomic E-state index is -0.373. The number of phenolic OH excluding ortho intramolecular Hbond substituents is 1. The highest BCUT2D eigenvalue weighted by Gasteiger charge is 2.25. The van der Waals surface area contributed by atoms with Gasteiger partial charge >= 0.3 is 5.97 Å². The Kier molecular flexibility index (Phi) is 5.91. The van der Waals surface area contributed by atoms with Gasteiger partial charge in [0, 0.05) is 11.3 Å². The molecule has 4 rings (SSSR count). The minimum absolute atomic E-state index is 0.218. The predicted octanol–water partition coefficient (Wildman–Crippen LogP) is 4.16. The average molecular weight is 416 g/mol. The van der Waals surface area contributed by atoms with Crippen LogP contribution in [0.1, 0.15) is 39.3 Å². The SMILES string of the molecule is COC(=O)c1ccc(C2NC(c3ccc(OC)cc3)=CC(c3ccccc3O)N2)cc1. The summed E-state index contributed by atoms with van der Waals surface area (Å²) in [6.45, 7) is 0. The zero-order valence-electron chi connectivity index (χ0n) is 17.3. The summed E-state index contributed by atoms with van der Waals surface area (Å²) < 4.78 is 10.1. The van der Waals surface area contributed by atoms with Gasteiger partial charge in [-0.05, 0) is 59.7 Å². The van der Waals surface area contributed by atoms with Crippen molar-refractivity contribution in [2.45, 2.75) is 12.2 Å². The number of carbonyl (C=O) groups excluding carboxylic acids is 1. The second-order valence-corrected chi connectivity index (χ2v) is 7.20. The number of esters is 1. The van der Waals surface area contributed by atoms with E-state index in [1.54, 1.807) is 31.4 Å². The molecular weight excluding hydrogens is 392 g/mol. The van der Waals surface area contributed by atoms with Gasteiger partial charge in [-0.25, -0.2) is 4.79 Å². The van der Waals surface area contributed by atoms with E-state index in [-0.39, 0.29) is 23.9 Å². The van der Waals surface area contributed by atoms with Crippen LogP contribution in [0, 0.1) is 0 Å².